The Balaban J connectivity index is 1.59. The number of halogens is 1. The minimum absolute atomic E-state index is 0.0340. The van der Waals surface area contributed by atoms with Crippen LogP contribution in [-0.2, 0) is 14.8 Å². The van der Waals surface area contributed by atoms with E-state index in [-0.39, 0.29) is 12.5 Å². The molecular formula is C22H28BrNO4S. The fourth-order valence-corrected chi connectivity index (χ4v) is 6.12. The van der Waals surface area contributed by atoms with Crippen molar-refractivity contribution in [3.05, 3.63) is 51.9 Å². The van der Waals surface area contributed by atoms with Crippen LogP contribution in [0.5, 0.6) is 0 Å². The van der Waals surface area contributed by atoms with Gasteiger partial charge in [0.15, 0.2) is 0 Å². The predicted octanol–water partition coefficient (Wildman–Crippen LogP) is 4.96. The summed E-state index contributed by atoms with van der Waals surface area (Å²) in [4.78, 5) is 10.6. The van der Waals surface area contributed by atoms with Crippen molar-refractivity contribution >= 4 is 38.0 Å². The van der Waals surface area contributed by atoms with Gasteiger partial charge in [0.25, 0.3) is 0 Å². The first kappa shape index (κ1) is 22.2. The third-order valence-corrected chi connectivity index (χ3v) is 7.54. The maximum atomic E-state index is 12.6. The lowest BCUT2D eigenvalue weighted by Crippen LogP contribution is -2.49. The van der Waals surface area contributed by atoms with Crippen molar-refractivity contribution in [3.63, 3.8) is 0 Å². The molecule has 0 saturated heterocycles. The van der Waals surface area contributed by atoms with Gasteiger partial charge in [0.1, 0.15) is 0 Å². The molecular weight excluding hydrogens is 454 g/mol. The van der Waals surface area contributed by atoms with Gasteiger partial charge >= 0.3 is 5.97 Å². The predicted molar refractivity (Wildman–Crippen MR) is 119 cm³/mol. The Hall–Kier alpha value is -1.44. The summed E-state index contributed by atoms with van der Waals surface area (Å²) >= 11 is 3.39. The summed E-state index contributed by atoms with van der Waals surface area (Å²) in [5.41, 5.74) is 0.831. The molecule has 0 amide bonds. The van der Waals surface area contributed by atoms with E-state index in [1.807, 2.05) is 24.3 Å². The number of fused-ring (bicyclic) bond motifs is 3. The highest BCUT2D eigenvalue weighted by Crippen LogP contribution is 2.46. The number of sulfonamides is 1. The molecule has 4 unspecified atom stereocenters. The van der Waals surface area contributed by atoms with E-state index in [9.17, 15) is 13.2 Å². The molecule has 3 aliphatic rings. The molecule has 1 aromatic carbocycles. The number of aliphatic carboxylic acids is 1. The molecule has 2 N–H and O–H groups in total. The summed E-state index contributed by atoms with van der Waals surface area (Å²) in [5.74, 6) is 0.467. The number of allylic oxidation sites excluding steroid dienone is 2. The van der Waals surface area contributed by atoms with Crippen LogP contribution in [0.4, 0.5) is 0 Å². The molecule has 5 nitrogen and oxygen atoms in total. The van der Waals surface area contributed by atoms with Gasteiger partial charge in [0.05, 0.1) is 0 Å². The summed E-state index contributed by atoms with van der Waals surface area (Å²) in [6.45, 7) is 0. The Morgan fingerprint density at radius 3 is 2.83 bits per heavy atom. The molecule has 0 radical (unpaired) electrons. The smallest absolute Gasteiger partial charge is 0.303 e. The topological polar surface area (TPSA) is 83.5 Å². The van der Waals surface area contributed by atoms with Gasteiger partial charge in [-0.05, 0) is 73.6 Å². The Labute approximate surface area is 181 Å². The molecule has 2 bridgehead atoms. The van der Waals surface area contributed by atoms with Crippen molar-refractivity contribution in [2.24, 2.45) is 17.8 Å². The number of hydrogen-bond donors (Lipinski definition) is 2. The minimum atomic E-state index is -3.51. The van der Waals surface area contributed by atoms with Gasteiger partial charge in [-0.3, -0.25) is 4.79 Å². The first-order valence-corrected chi connectivity index (χ1v) is 12.5. The zero-order chi connectivity index (χ0) is 20.9. The van der Waals surface area contributed by atoms with E-state index in [0.717, 1.165) is 35.7 Å². The van der Waals surface area contributed by atoms with Crippen LogP contribution in [-0.4, -0.2) is 25.5 Å². The molecule has 0 aliphatic heterocycles. The second kappa shape index (κ2) is 10.0. The molecule has 29 heavy (non-hydrogen) atoms. The number of nitrogens with one attached hydrogen (secondary N) is 1. The van der Waals surface area contributed by atoms with Gasteiger partial charge in [-0.25, -0.2) is 13.1 Å². The number of unbranched alkanes of at least 4 members (excludes halogenated alkanes) is 1. The quantitative estimate of drug-likeness (QED) is 0.385. The van der Waals surface area contributed by atoms with Crippen LogP contribution in [0.25, 0.3) is 6.08 Å². The number of carboxylic acids is 1. The van der Waals surface area contributed by atoms with Crippen LogP contribution in [0.1, 0.15) is 50.5 Å². The van der Waals surface area contributed by atoms with Crippen LogP contribution in [0.3, 0.4) is 0 Å². The van der Waals surface area contributed by atoms with Crippen molar-refractivity contribution in [1.82, 2.24) is 4.72 Å². The SMILES string of the molecule is O=C(O)CCC/C=C/C1CC2CCC1C(NS(=O)(=O)/C=C/c1cccc(Br)c1)C2. The van der Waals surface area contributed by atoms with Gasteiger partial charge in [-0.15, -0.1) is 0 Å². The summed E-state index contributed by atoms with van der Waals surface area (Å²) in [7, 11) is -3.51. The van der Waals surface area contributed by atoms with Gasteiger partial charge in [0.2, 0.25) is 10.0 Å². The first-order valence-electron chi connectivity index (χ1n) is 10.2. The van der Waals surface area contributed by atoms with E-state index >= 15 is 0 Å². The number of benzene rings is 1. The Morgan fingerprint density at radius 1 is 1.28 bits per heavy atom. The average molecular weight is 482 g/mol. The molecule has 4 atom stereocenters. The highest BCUT2D eigenvalue weighted by molar-refractivity contribution is 9.10. The van der Waals surface area contributed by atoms with Crippen LogP contribution in [0, 0.1) is 17.8 Å². The molecule has 158 valence electrons. The third-order valence-electron chi connectivity index (χ3n) is 5.92. The summed E-state index contributed by atoms with van der Waals surface area (Å²) < 4.78 is 29.1. The lowest BCUT2D eigenvalue weighted by atomic mass is 9.62. The number of carbonyl (C=O) groups is 1. The molecule has 4 rings (SSSR count). The fourth-order valence-electron chi connectivity index (χ4n) is 4.59. The molecule has 0 heterocycles. The maximum absolute atomic E-state index is 12.6. The normalized spacial score (nSPS) is 27.1. The standard InChI is InChI=1S/C22H28BrNO4S/c23-19-7-4-5-16(14-19)11-12-29(27,28)24-21-15-17-9-10-20(21)18(13-17)6-2-1-3-8-22(25)26/h2,4-7,11-12,14,17-18,20-21,24H,1,3,8-10,13,15H2,(H,25,26)/b6-2+,12-11+. The van der Waals surface area contributed by atoms with Gasteiger partial charge in [-0.2, -0.15) is 0 Å². The Morgan fingerprint density at radius 2 is 2.10 bits per heavy atom. The second-order valence-electron chi connectivity index (χ2n) is 8.08. The molecule has 0 spiro atoms. The van der Waals surface area contributed by atoms with Crippen LogP contribution < -0.4 is 4.72 Å². The number of hydrogen-bond acceptors (Lipinski definition) is 3. The Kier molecular flexibility index (Phi) is 7.71. The van der Waals surface area contributed by atoms with Crippen molar-refractivity contribution in [1.29, 1.82) is 0 Å². The summed E-state index contributed by atoms with van der Waals surface area (Å²) in [6, 6.07) is 7.48. The highest BCUT2D eigenvalue weighted by Gasteiger charge is 2.42. The molecule has 0 aromatic heterocycles. The van der Waals surface area contributed by atoms with Gasteiger partial charge < -0.3 is 5.11 Å². The van der Waals surface area contributed by atoms with E-state index in [0.29, 0.717) is 24.2 Å². The third kappa shape index (κ3) is 6.79. The Bertz CT molecular complexity index is 881. The zero-order valence-electron chi connectivity index (χ0n) is 16.3. The van der Waals surface area contributed by atoms with E-state index in [1.54, 1.807) is 6.08 Å². The first-order chi connectivity index (χ1) is 13.8. The maximum Gasteiger partial charge on any atom is 0.303 e. The molecule has 3 aliphatic carbocycles. The number of carboxylic acid groups (broad SMARTS) is 1. The average Bonchev–Trinajstić information content (AvgIpc) is 2.66. The minimum Gasteiger partial charge on any atom is -0.481 e. The fraction of sp³-hybridized carbons (Fsp3) is 0.500. The summed E-state index contributed by atoms with van der Waals surface area (Å²) in [6.07, 6.45) is 11.7. The summed E-state index contributed by atoms with van der Waals surface area (Å²) in [5, 5.41) is 9.98. The van der Waals surface area contributed by atoms with Crippen LogP contribution in [0.15, 0.2) is 46.3 Å². The highest BCUT2D eigenvalue weighted by atomic mass is 79.9. The second-order valence-corrected chi connectivity index (χ2v) is 10.6. The van der Waals surface area contributed by atoms with E-state index in [1.165, 1.54) is 11.8 Å². The van der Waals surface area contributed by atoms with Crippen molar-refractivity contribution < 1.29 is 18.3 Å². The lowest BCUT2D eigenvalue weighted by molar-refractivity contribution is -0.137. The van der Waals surface area contributed by atoms with E-state index in [4.69, 9.17) is 5.11 Å². The number of rotatable bonds is 9. The lowest BCUT2D eigenvalue weighted by Gasteiger charge is -2.46. The largest absolute Gasteiger partial charge is 0.481 e. The van der Waals surface area contributed by atoms with Crippen LogP contribution >= 0.6 is 15.9 Å². The van der Waals surface area contributed by atoms with Crippen molar-refractivity contribution in [2.45, 2.75) is 51.0 Å². The molecule has 1 aromatic rings. The molecule has 7 heteroatoms. The van der Waals surface area contributed by atoms with E-state index < -0.39 is 16.0 Å². The molecule has 3 saturated carbocycles. The molecule has 3 fully saturated rings. The van der Waals surface area contributed by atoms with E-state index in [2.05, 4.69) is 32.8 Å². The van der Waals surface area contributed by atoms with Crippen molar-refractivity contribution in [3.8, 4) is 0 Å². The monoisotopic (exact) mass is 481 g/mol. The van der Waals surface area contributed by atoms with Gasteiger partial charge in [0, 0.05) is 22.3 Å². The van der Waals surface area contributed by atoms with Crippen LogP contribution in [0.2, 0.25) is 0 Å². The van der Waals surface area contributed by atoms with Gasteiger partial charge in [-0.1, -0.05) is 46.6 Å². The van der Waals surface area contributed by atoms with Crippen molar-refractivity contribution in [2.75, 3.05) is 0 Å². The zero-order valence-corrected chi connectivity index (χ0v) is 18.7.